The van der Waals surface area contributed by atoms with Crippen molar-refractivity contribution >= 4 is 5.97 Å². The molecule has 0 saturated carbocycles. The maximum absolute atomic E-state index is 13.5. The van der Waals surface area contributed by atoms with Gasteiger partial charge >= 0.3 is 5.97 Å². The molecule has 0 amide bonds. The van der Waals surface area contributed by atoms with Gasteiger partial charge < -0.3 is 14.0 Å². The number of imidazole rings is 1. The second kappa shape index (κ2) is 16.0. The van der Waals surface area contributed by atoms with Crippen LogP contribution in [0.5, 0.6) is 0 Å². The molecule has 7 rings (SSSR count). The van der Waals surface area contributed by atoms with Gasteiger partial charge in [-0.05, 0) is 71.0 Å². The standard InChI is InChI=1S/C46H46N6O3/c1-6-19-40-47-42(45(3,4)54-5)41(44(53)55-7-2)51(40)32-33-28-30-34(31-29-33)38-26-17-18-27-39(38)43-48-49-50-52(43)46(35-20-11-8-12-21-35,36-22-13-9-14-23-36)37-24-15-10-16-25-37/h8-18,20-31H,6-7,19,32H2,1-5H3. The van der Waals surface area contributed by atoms with E-state index >= 15 is 0 Å². The Labute approximate surface area is 322 Å². The first kappa shape index (κ1) is 37.1. The molecule has 5 aromatic carbocycles. The molecule has 7 aromatic rings. The van der Waals surface area contributed by atoms with Gasteiger partial charge in [0.05, 0.1) is 6.61 Å². The summed E-state index contributed by atoms with van der Waals surface area (Å²) in [7, 11) is 1.63. The van der Waals surface area contributed by atoms with Crippen LogP contribution in [-0.4, -0.2) is 49.4 Å². The third-order valence-electron chi connectivity index (χ3n) is 10.2. The minimum atomic E-state index is -0.882. The van der Waals surface area contributed by atoms with E-state index < -0.39 is 17.1 Å². The summed E-state index contributed by atoms with van der Waals surface area (Å²) in [6, 6.07) is 47.9. The van der Waals surface area contributed by atoms with Gasteiger partial charge in [-0.25, -0.2) is 14.5 Å². The summed E-state index contributed by atoms with van der Waals surface area (Å²) >= 11 is 0. The van der Waals surface area contributed by atoms with E-state index in [1.165, 1.54) is 0 Å². The van der Waals surface area contributed by atoms with Crippen molar-refractivity contribution in [2.75, 3.05) is 13.7 Å². The highest BCUT2D eigenvalue weighted by Crippen LogP contribution is 2.43. The molecule has 0 bridgehead atoms. The molecule has 2 heterocycles. The lowest BCUT2D eigenvalue weighted by Crippen LogP contribution is -2.39. The molecule has 2 aromatic heterocycles. The van der Waals surface area contributed by atoms with Crippen molar-refractivity contribution in [3.8, 4) is 22.5 Å². The maximum atomic E-state index is 13.5. The number of aromatic nitrogens is 6. The molecular weight excluding hydrogens is 685 g/mol. The molecule has 278 valence electrons. The number of rotatable bonds is 14. The molecule has 0 radical (unpaired) electrons. The van der Waals surface area contributed by atoms with Crippen molar-refractivity contribution in [3.63, 3.8) is 0 Å². The first-order valence-electron chi connectivity index (χ1n) is 18.8. The van der Waals surface area contributed by atoms with Crippen LogP contribution in [0.4, 0.5) is 0 Å². The minimum Gasteiger partial charge on any atom is -0.461 e. The van der Waals surface area contributed by atoms with Crippen molar-refractivity contribution in [2.45, 2.75) is 58.2 Å². The quantitative estimate of drug-likeness (QED) is 0.0814. The zero-order valence-electron chi connectivity index (χ0n) is 32.0. The minimum absolute atomic E-state index is 0.264. The van der Waals surface area contributed by atoms with E-state index in [9.17, 15) is 4.79 Å². The molecule has 0 N–H and O–H groups in total. The van der Waals surface area contributed by atoms with Crippen LogP contribution in [0.15, 0.2) is 140 Å². The molecule has 0 unspecified atom stereocenters. The Morgan fingerprint density at radius 1 is 0.709 bits per heavy atom. The Bertz CT molecular complexity index is 2250. The summed E-state index contributed by atoms with van der Waals surface area (Å²) in [5, 5.41) is 13.8. The van der Waals surface area contributed by atoms with Crippen molar-refractivity contribution in [3.05, 3.63) is 179 Å². The Morgan fingerprint density at radius 3 is 1.78 bits per heavy atom. The first-order chi connectivity index (χ1) is 26.8. The topological polar surface area (TPSA) is 97.0 Å². The predicted molar refractivity (Wildman–Crippen MR) is 215 cm³/mol. The van der Waals surface area contributed by atoms with E-state index in [1.807, 2.05) is 60.4 Å². The van der Waals surface area contributed by atoms with Crippen molar-refractivity contribution < 1.29 is 14.3 Å². The molecule has 0 saturated heterocycles. The van der Waals surface area contributed by atoms with E-state index in [1.54, 1.807) is 7.11 Å². The number of esters is 1. The molecule has 9 heteroatoms. The highest BCUT2D eigenvalue weighted by atomic mass is 16.5. The fourth-order valence-corrected chi connectivity index (χ4v) is 7.39. The van der Waals surface area contributed by atoms with Gasteiger partial charge in [-0.3, -0.25) is 0 Å². The van der Waals surface area contributed by atoms with E-state index in [0.717, 1.165) is 51.2 Å². The van der Waals surface area contributed by atoms with Gasteiger partial charge in [0, 0.05) is 25.6 Å². The van der Waals surface area contributed by atoms with Crippen molar-refractivity contribution in [1.29, 1.82) is 0 Å². The molecule has 55 heavy (non-hydrogen) atoms. The number of benzene rings is 5. The monoisotopic (exact) mass is 730 g/mol. The second-order valence-electron chi connectivity index (χ2n) is 14.0. The van der Waals surface area contributed by atoms with Crippen LogP contribution in [0.1, 0.15) is 78.4 Å². The third-order valence-corrected chi connectivity index (χ3v) is 10.2. The molecule has 0 aliphatic heterocycles. The molecule has 0 spiro atoms. The number of tetrazole rings is 1. The van der Waals surface area contributed by atoms with E-state index in [2.05, 4.69) is 121 Å². The molecular formula is C46H46N6O3. The lowest BCUT2D eigenvalue weighted by molar-refractivity contribution is 0.0131. The Kier molecular flexibility index (Phi) is 10.8. The average molecular weight is 731 g/mol. The largest absolute Gasteiger partial charge is 0.461 e. The smallest absolute Gasteiger partial charge is 0.357 e. The summed E-state index contributed by atoms with van der Waals surface area (Å²) in [6.45, 7) is 8.47. The predicted octanol–water partition coefficient (Wildman–Crippen LogP) is 9.10. The highest BCUT2D eigenvalue weighted by molar-refractivity contribution is 5.89. The van der Waals surface area contributed by atoms with Crippen LogP contribution < -0.4 is 0 Å². The van der Waals surface area contributed by atoms with Crippen LogP contribution >= 0.6 is 0 Å². The maximum Gasteiger partial charge on any atom is 0.357 e. The van der Waals surface area contributed by atoms with Gasteiger partial charge in [0.15, 0.2) is 11.5 Å². The third kappa shape index (κ3) is 6.99. The molecule has 0 aliphatic rings. The first-order valence-corrected chi connectivity index (χ1v) is 18.8. The van der Waals surface area contributed by atoms with Gasteiger partial charge in [0.2, 0.25) is 0 Å². The van der Waals surface area contributed by atoms with E-state index in [4.69, 9.17) is 24.8 Å². The van der Waals surface area contributed by atoms with Crippen LogP contribution in [-0.2, 0) is 33.6 Å². The zero-order chi connectivity index (χ0) is 38.4. The van der Waals surface area contributed by atoms with Crippen LogP contribution in [0.3, 0.4) is 0 Å². The number of hydrogen-bond acceptors (Lipinski definition) is 7. The Balaban J connectivity index is 1.33. The Morgan fingerprint density at radius 2 is 1.25 bits per heavy atom. The molecule has 0 atom stereocenters. The fraction of sp³-hybridized carbons (Fsp3) is 0.239. The number of carbonyl (C=O) groups excluding carboxylic acids is 1. The van der Waals surface area contributed by atoms with Gasteiger partial charge in [-0.1, -0.05) is 146 Å². The molecule has 0 fully saturated rings. The molecule has 0 aliphatic carbocycles. The number of hydrogen-bond donors (Lipinski definition) is 0. The van der Waals surface area contributed by atoms with Gasteiger partial charge in [-0.15, -0.1) is 5.10 Å². The SMILES string of the molecule is CCCc1nc(C(C)(C)OC)c(C(=O)OCC)n1Cc1ccc(-c2ccccc2-c2nnnn2C(c2ccccc2)(c2ccccc2)c2ccccc2)cc1. The number of nitrogens with zero attached hydrogens (tertiary/aromatic N) is 6. The summed E-state index contributed by atoms with van der Waals surface area (Å²) in [5.74, 6) is 1.05. The number of aryl methyl sites for hydroxylation is 1. The summed E-state index contributed by atoms with van der Waals surface area (Å²) in [5.41, 5.74) is 6.34. The normalized spacial score (nSPS) is 11.8. The lowest BCUT2D eigenvalue weighted by Gasteiger charge is -2.36. The van der Waals surface area contributed by atoms with Crippen LogP contribution in [0, 0.1) is 0 Å². The number of carbonyl (C=O) groups is 1. The van der Waals surface area contributed by atoms with Crippen LogP contribution in [0.25, 0.3) is 22.5 Å². The second-order valence-corrected chi connectivity index (χ2v) is 14.0. The molecule has 9 nitrogen and oxygen atoms in total. The Hall–Kier alpha value is -6.19. The van der Waals surface area contributed by atoms with Gasteiger partial charge in [0.25, 0.3) is 0 Å². The van der Waals surface area contributed by atoms with Crippen molar-refractivity contribution in [2.24, 2.45) is 0 Å². The summed E-state index contributed by atoms with van der Waals surface area (Å²) in [4.78, 5) is 18.4. The van der Waals surface area contributed by atoms with Gasteiger partial charge in [-0.2, -0.15) is 0 Å². The number of ether oxygens (including phenoxy) is 2. The van der Waals surface area contributed by atoms with Gasteiger partial charge in [0.1, 0.15) is 22.7 Å². The average Bonchev–Trinajstić information content (AvgIpc) is 3.86. The number of methoxy groups -OCH3 is 1. The van der Waals surface area contributed by atoms with E-state index in [0.29, 0.717) is 30.2 Å². The summed E-state index contributed by atoms with van der Waals surface area (Å²) < 4.78 is 15.3. The fourth-order valence-electron chi connectivity index (χ4n) is 7.39. The lowest BCUT2D eigenvalue weighted by atomic mass is 9.77. The van der Waals surface area contributed by atoms with Crippen LogP contribution in [0.2, 0.25) is 0 Å². The zero-order valence-corrected chi connectivity index (χ0v) is 32.0. The van der Waals surface area contributed by atoms with E-state index in [-0.39, 0.29) is 6.61 Å². The van der Waals surface area contributed by atoms with Crippen molar-refractivity contribution in [1.82, 2.24) is 29.8 Å². The summed E-state index contributed by atoms with van der Waals surface area (Å²) in [6.07, 6.45) is 1.59. The highest BCUT2D eigenvalue weighted by Gasteiger charge is 2.42.